The average Bonchev–Trinajstić information content (AvgIpc) is 1.66. The van der Waals surface area contributed by atoms with Gasteiger partial charge in [-0.25, -0.2) is 9.78 Å². The van der Waals surface area contributed by atoms with Crippen LogP contribution in [0.15, 0.2) is 42.9 Å². The molecule has 3 aliphatic rings. The fraction of sp³-hybridized carbons (Fsp3) is 0.655. The molecule has 0 aliphatic carbocycles. The summed E-state index contributed by atoms with van der Waals surface area (Å²) in [6, 6.07) is -12.6. The van der Waals surface area contributed by atoms with Crippen molar-refractivity contribution in [3.05, 3.63) is 54.1 Å². The number of aliphatic hydroxyl groups is 1. The van der Waals surface area contributed by atoms with Gasteiger partial charge in [0.1, 0.15) is 84.6 Å². The number of hydrogen-bond donors (Lipinski definition) is 31. The number of unbranched alkanes of at least 4 members (excludes halogenated alkanes) is 2. The monoisotopic (exact) mass is 1990 g/mol. The molecule has 0 spiro atoms. The number of guanidine groups is 4. The van der Waals surface area contributed by atoms with Gasteiger partial charge in [-0.3, -0.25) is 98.3 Å². The second-order valence-corrected chi connectivity index (χ2v) is 36.0. The number of aliphatic hydroxyl groups excluding tert-OH is 1. The summed E-state index contributed by atoms with van der Waals surface area (Å²) in [7, 11) is 0. The number of nitrogens with one attached hydrogen (secondary N) is 21. The summed E-state index contributed by atoms with van der Waals surface area (Å²) in [5.41, 5.74) is 46.6. The van der Waals surface area contributed by atoms with Crippen LogP contribution in [0.5, 0.6) is 0 Å². The Morgan fingerprint density at radius 3 is 1.29 bits per heavy atom. The Hall–Kier alpha value is -13.3. The van der Waals surface area contributed by atoms with Crippen LogP contribution in [0.3, 0.4) is 0 Å². The Morgan fingerprint density at radius 1 is 0.443 bits per heavy atom. The van der Waals surface area contributed by atoms with Crippen molar-refractivity contribution in [1.29, 1.82) is 21.6 Å². The van der Waals surface area contributed by atoms with Gasteiger partial charge in [-0.2, -0.15) is 11.8 Å². The van der Waals surface area contributed by atoms with Gasteiger partial charge in [0, 0.05) is 71.3 Å². The number of aromatic nitrogens is 2. The second kappa shape index (κ2) is 62.6. The van der Waals surface area contributed by atoms with Crippen molar-refractivity contribution in [1.82, 2.24) is 110 Å². The fourth-order valence-corrected chi connectivity index (χ4v) is 16.6. The van der Waals surface area contributed by atoms with Crippen LogP contribution < -0.4 is 131 Å². The molecule has 1 aromatic carbocycles. The molecule has 5 rings (SSSR count). The van der Waals surface area contributed by atoms with Crippen LogP contribution >= 0.6 is 11.8 Å². The number of carbonyl (C=O) groups excluding carboxylic acids is 16. The van der Waals surface area contributed by atoms with Gasteiger partial charge in [-0.15, -0.1) is 0 Å². The number of carboxylic acids is 1. The summed E-state index contributed by atoms with van der Waals surface area (Å²) in [6.07, 6.45) is 5.81. The number of aromatic amines is 1. The van der Waals surface area contributed by atoms with Crippen molar-refractivity contribution in [2.24, 2.45) is 51.8 Å². The maximum absolute atomic E-state index is 15.3. The quantitative estimate of drug-likeness (QED) is 0.0166. The van der Waals surface area contributed by atoms with E-state index in [2.05, 4.69) is 95.0 Å². The van der Waals surface area contributed by atoms with Crippen molar-refractivity contribution in [3.63, 3.8) is 0 Å². The number of rotatable bonds is 65. The number of likely N-dealkylation sites (tertiary alicyclic amines) is 3. The molecule has 1 aromatic heterocycles. The van der Waals surface area contributed by atoms with Crippen LogP contribution in [0.25, 0.3) is 0 Å². The Bertz CT molecular complexity index is 4470. The molecule has 0 bridgehead atoms. The molecule has 15 atom stereocenters. The SMILES string of the molecule is CSCC[C@H](NC(=O)[C@@H]1CCCN1C(=O)CNC(=O)[C@H](CCCCN)NC(=O)[C@H](Cc1c[nH]cn1)NC(=O)[C@H](CO)NC(=O)[C@H](CC(C)C)NC(=O)[C@H](CCCNC(=N)N)NC(=O)[C@@H]1CCCN1C(=O)[C@H](CCCNC(=N)N)NC(=O)[C@H](CCC(N)=O)NC(=O)[C@H](CCCNC(=N)N)NC(=O)[C@H](CCCNC(=N)N)NC(=O)[C@H](Cc1ccccc1)NC(=O)[C@@H](N)CCCCN)C(=O)N1CCC[C@H]1C(=O)O. The van der Waals surface area contributed by atoms with Crippen LogP contribution in [-0.4, -0.2) is 334 Å². The van der Waals surface area contributed by atoms with Crippen molar-refractivity contribution in [2.45, 2.75) is 271 Å². The first-order valence-corrected chi connectivity index (χ1v) is 48.7. The Morgan fingerprint density at radius 2 is 0.821 bits per heavy atom. The van der Waals surface area contributed by atoms with E-state index in [0.29, 0.717) is 50.0 Å². The number of imidazole rings is 1. The highest BCUT2D eigenvalue weighted by atomic mass is 32.2. The van der Waals surface area contributed by atoms with E-state index in [-0.39, 0.29) is 180 Å². The molecule has 0 saturated carbocycles. The standard InChI is InChI=1S/C87H147N33O19S/c1-49(2)42-60(75(130)117-63(47-121)78(133)116-62(44-51-45-100-48-106-51)77(132)107-53(21-8-10-33-89)70(125)105-46-68(123)118-38-15-26-64(118)79(134)113-59(31-41-140-3)82(137)120-40-17-28-66(120)83(138)139)115-73(128)56(24-13-36-103-86(96)97)111-80(135)65-27-16-39-119(65)81(136)58(25-14-37-104-87(98)99)112-74(129)57(29-30-67(91)122)110-72(127)54(22-11-34-101-84(92)93)108-71(126)55(23-12-35-102-85(94)95)109-76(131)61(43-50-18-5-4-6-19-50)114-69(124)52(90)20-7-9-32-88/h4-6,18-19,45,48-49,52-66,121H,7-17,20-44,46-47,88-90H2,1-3H3,(H2,91,122)(H,100,106)(H,105,125)(H,107,132)(H,108,126)(H,109,131)(H,110,127)(H,111,135)(H,112,129)(H,113,134)(H,114,124)(H,115,128)(H,116,133)(H,117,130)(H,138,139)(H4,92,93,101)(H4,94,95,102)(H4,96,97,103)(H4,98,99,104)/t52-,53-,54-,55-,56-,57-,58-,59-,60-,61-,62-,63-,64-,65-,66-/m0/s1. The lowest BCUT2D eigenvalue weighted by Crippen LogP contribution is -2.61. The van der Waals surface area contributed by atoms with Gasteiger partial charge >= 0.3 is 5.97 Å². The van der Waals surface area contributed by atoms with Crippen LogP contribution in [0, 0.1) is 27.6 Å². The molecule has 4 heterocycles. The van der Waals surface area contributed by atoms with Gasteiger partial charge < -0.3 is 161 Å². The van der Waals surface area contributed by atoms with Gasteiger partial charge in [0.2, 0.25) is 94.5 Å². The molecule has 53 heteroatoms. The number of benzene rings is 1. The molecule has 3 fully saturated rings. The van der Waals surface area contributed by atoms with Gasteiger partial charge in [0.15, 0.2) is 23.8 Å². The summed E-state index contributed by atoms with van der Waals surface area (Å²) in [4.78, 5) is 253. The van der Waals surface area contributed by atoms with Gasteiger partial charge in [-0.05, 0) is 178 Å². The van der Waals surface area contributed by atoms with E-state index in [0.717, 1.165) is 4.90 Å². The lowest BCUT2D eigenvalue weighted by molar-refractivity contribution is -0.149. The summed E-state index contributed by atoms with van der Waals surface area (Å²) >= 11 is 1.42. The molecule has 39 N–H and O–H groups in total. The summed E-state index contributed by atoms with van der Waals surface area (Å²) in [5.74, 6) is -16.9. The maximum Gasteiger partial charge on any atom is 0.326 e. The number of H-pyrrole nitrogens is 1. The maximum atomic E-state index is 15.3. The van der Waals surface area contributed by atoms with Crippen molar-refractivity contribution < 1.29 is 91.7 Å². The molecule has 0 unspecified atom stereocenters. The molecule has 16 amide bonds. The van der Waals surface area contributed by atoms with E-state index in [1.54, 1.807) is 44.2 Å². The highest BCUT2D eigenvalue weighted by molar-refractivity contribution is 7.98. The number of aliphatic carboxylic acids is 1. The van der Waals surface area contributed by atoms with E-state index in [9.17, 15) is 86.9 Å². The van der Waals surface area contributed by atoms with E-state index in [1.807, 2.05) is 6.26 Å². The van der Waals surface area contributed by atoms with Gasteiger partial charge in [0.25, 0.3) is 0 Å². The minimum Gasteiger partial charge on any atom is -0.480 e. The second-order valence-electron chi connectivity index (χ2n) is 35.0. The third-order valence-corrected chi connectivity index (χ3v) is 24.1. The van der Waals surface area contributed by atoms with Crippen LogP contribution in [0.1, 0.15) is 179 Å². The summed E-state index contributed by atoms with van der Waals surface area (Å²) in [6.45, 7) is 2.33. The predicted molar refractivity (Wildman–Crippen MR) is 517 cm³/mol. The number of carbonyl (C=O) groups is 17. The largest absolute Gasteiger partial charge is 0.480 e. The van der Waals surface area contributed by atoms with Crippen molar-refractivity contribution >= 4 is 136 Å². The first kappa shape index (κ1) is 117. The summed E-state index contributed by atoms with van der Waals surface area (Å²) < 4.78 is 0. The van der Waals surface area contributed by atoms with Crippen molar-refractivity contribution in [3.8, 4) is 0 Å². The number of nitrogens with two attached hydrogens (primary N) is 8. The Kier molecular flexibility index (Phi) is 52.4. The van der Waals surface area contributed by atoms with Gasteiger partial charge in [0.05, 0.1) is 31.2 Å². The normalized spacial score (nSPS) is 16.9. The molecule has 0 radical (unpaired) electrons. The zero-order valence-electron chi connectivity index (χ0n) is 79.8. The first-order chi connectivity index (χ1) is 66.7. The number of thioether (sulfide) groups is 1. The molecule has 140 heavy (non-hydrogen) atoms. The minimum atomic E-state index is -1.85. The van der Waals surface area contributed by atoms with E-state index >= 15 is 4.79 Å². The first-order valence-electron chi connectivity index (χ1n) is 47.3. The predicted octanol–water partition coefficient (Wildman–Crippen LogP) is -8.60. The number of carboxylic acid groups (broad SMARTS) is 1. The fourth-order valence-electron chi connectivity index (χ4n) is 16.1. The van der Waals surface area contributed by atoms with Gasteiger partial charge in [-0.1, -0.05) is 50.6 Å². The van der Waals surface area contributed by atoms with E-state index < -0.39 is 247 Å². The lowest BCUT2D eigenvalue weighted by atomic mass is 10.0. The average molecular weight is 1990 g/mol. The van der Waals surface area contributed by atoms with E-state index in [4.69, 9.17) is 67.5 Å². The highest BCUT2D eigenvalue weighted by Gasteiger charge is 2.44. The molecule has 52 nitrogen and oxygen atoms in total. The zero-order chi connectivity index (χ0) is 104. The number of amides is 16. The smallest absolute Gasteiger partial charge is 0.326 e. The molecular formula is C87H147N33O19S. The van der Waals surface area contributed by atoms with Crippen LogP contribution in [0.4, 0.5) is 0 Å². The number of hydrogen-bond acceptors (Lipinski definition) is 27. The summed E-state index contributed by atoms with van der Waals surface area (Å²) in [5, 5.41) is 93.7. The Labute approximate surface area is 816 Å². The zero-order valence-corrected chi connectivity index (χ0v) is 80.6. The van der Waals surface area contributed by atoms with Crippen LogP contribution in [0.2, 0.25) is 0 Å². The Balaban J connectivity index is 1.37. The lowest BCUT2D eigenvalue weighted by Gasteiger charge is -2.31. The van der Waals surface area contributed by atoms with Crippen molar-refractivity contribution in [2.75, 3.05) is 84.1 Å². The molecular weight excluding hydrogens is 1840 g/mol. The molecule has 2 aromatic rings. The third kappa shape index (κ3) is 41.8. The van der Waals surface area contributed by atoms with E-state index in [1.165, 1.54) is 34.1 Å². The minimum absolute atomic E-state index is 0.00929. The molecule has 3 saturated heterocycles. The number of nitrogens with zero attached hydrogens (tertiary/aromatic N) is 4. The molecule has 3 aliphatic heterocycles. The molecule has 780 valence electrons. The topological polar surface area (TPSA) is 865 Å². The van der Waals surface area contributed by atoms with Crippen LogP contribution in [-0.2, 0) is 94.3 Å². The number of primary amides is 1. The third-order valence-electron chi connectivity index (χ3n) is 23.5. The highest BCUT2D eigenvalue weighted by Crippen LogP contribution is 2.25.